The van der Waals surface area contributed by atoms with Crippen molar-refractivity contribution in [3.05, 3.63) is 86.2 Å². The van der Waals surface area contributed by atoms with Crippen LogP contribution >= 0.6 is 34.5 Å². The topological polar surface area (TPSA) is 58.2 Å². The predicted octanol–water partition coefficient (Wildman–Crippen LogP) is 5.55. The number of hydrogen-bond donors (Lipinski definition) is 2. The van der Waals surface area contributed by atoms with Crippen LogP contribution in [0.15, 0.2) is 54.6 Å². The zero-order chi connectivity index (χ0) is 19.4. The molecule has 0 saturated carbocycles. The smallest absolute Gasteiger partial charge is 0.261 e. The summed E-state index contributed by atoms with van der Waals surface area (Å²) in [5, 5.41) is 7.21. The largest absolute Gasteiger partial charge is 0.347 e. The molecule has 2 N–H and O–H groups in total. The van der Waals surface area contributed by atoms with E-state index in [0.29, 0.717) is 32.0 Å². The molecular weight excluding hydrogens is 403 g/mol. The molecule has 2 amide bonds. The summed E-state index contributed by atoms with van der Waals surface area (Å²) in [7, 11) is 0. The number of benzene rings is 2. The summed E-state index contributed by atoms with van der Waals surface area (Å²) in [6.45, 7) is 2.16. The van der Waals surface area contributed by atoms with E-state index in [2.05, 4.69) is 10.6 Å². The average Bonchev–Trinajstić information content (AvgIpc) is 3.01. The SMILES string of the molecule is Cc1cc(NC(=O)c2ccccc2Cl)sc1C(=O)NCc1ccccc1Cl. The molecule has 0 bridgehead atoms. The lowest BCUT2D eigenvalue weighted by Crippen LogP contribution is -2.22. The van der Waals surface area contributed by atoms with E-state index in [-0.39, 0.29) is 11.8 Å². The third kappa shape index (κ3) is 4.69. The zero-order valence-corrected chi connectivity index (χ0v) is 16.7. The highest BCUT2D eigenvalue weighted by molar-refractivity contribution is 7.18. The minimum atomic E-state index is -0.315. The highest BCUT2D eigenvalue weighted by Crippen LogP contribution is 2.28. The van der Waals surface area contributed by atoms with Gasteiger partial charge in [-0.15, -0.1) is 11.3 Å². The van der Waals surface area contributed by atoms with Crippen molar-refractivity contribution in [2.75, 3.05) is 5.32 Å². The molecule has 138 valence electrons. The quantitative estimate of drug-likeness (QED) is 0.570. The first-order chi connectivity index (χ1) is 13.0. The van der Waals surface area contributed by atoms with Crippen molar-refractivity contribution in [1.82, 2.24) is 5.32 Å². The Morgan fingerprint density at radius 2 is 1.63 bits per heavy atom. The number of carbonyl (C=O) groups excluding carboxylic acids is 2. The first-order valence-electron chi connectivity index (χ1n) is 8.13. The minimum Gasteiger partial charge on any atom is -0.347 e. The molecule has 0 fully saturated rings. The van der Waals surface area contributed by atoms with Gasteiger partial charge in [0.05, 0.1) is 20.5 Å². The zero-order valence-electron chi connectivity index (χ0n) is 14.4. The van der Waals surface area contributed by atoms with Crippen LogP contribution in [0.3, 0.4) is 0 Å². The highest BCUT2D eigenvalue weighted by Gasteiger charge is 2.16. The van der Waals surface area contributed by atoms with Crippen LogP contribution in [0.5, 0.6) is 0 Å². The number of amides is 2. The summed E-state index contributed by atoms with van der Waals surface area (Å²) >= 11 is 13.4. The van der Waals surface area contributed by atoms with Crippen LogP contribution in [0.1, 0.15) is 31.2 Å². The molecule has 0 radical (unpaired) electrons. The Hall–Kier alpha value is -2.34. The van der Waals surface area contributed by atoms with Crippen LogP contribution in [0.4, 0.5) is 5.00 Å². The Kier molecular flexibility index (Phi) is 6.16. The van der Waals surface area contributed by atoms with Crippen molar-refractivity contribution in [3.63, 3.8) is 0 Å². The van der Waals surface area contributed by atoms with Crippen LogP contribution in [0.25, 0.3) is 0 Å². The van der Waals surface area contributed by atoms with Gasteiger partial charge >= 0.3 is 0 Å². The maximum Gasteiger partial charge on any atom is 0.261 e. The number of thiophene rings is 1. The molecular formula is C20H16Cl2N2O2S. The van der Waals surface area contributed by atoms with Gasteiger partial charge < -0.3 is 10.6 Å². The van der Waals surface area contributed by atoms with Crippen molar-refractivity contribution in [2.24, 2.45) is 0 Å². The fraction of sp³-hybridized carbons (Fsp3) is 0.100. The predicted molar refractivity (Wildman–Crippen MR) is 111 cm³/mol. The van der Waals surface area contributed by atoms with E-state index < -0.39 is 0 Å². The first kappa shape index (κ1) is 19.4. The molecule has 1 aromatic heterocycles. The third-order valence-electron chi connectivity index (χ3n) is 3.88. The van der Waals surface area contributed by atoms with Crippen molar-refractivity contribution < 1.29 is 9.59 Å². The molecule has 4 nitrogen and oxygen atoms in total. The molecule has 0 aliphatic carbocycles. The van der Waals surface area contributed by atoms with Crippen LogP contribution in [0.2, 0.25) is 10.0 Å². The second-order valence-electron chi connectivity index (χ2n) is 5.83. The van der Waals surface area contributed by atoms with Crippen molar-refractivity contribution in [3.8, 4) is 0 Å². The minimum absolute atomic E-state index is 0.212. The van der Waals surface area contributed by atoms with E-state index >= 15 is 0 Å². The van der Waals surface area contributed by atoms with Crippen molar-refractivity contribution in [2.45, 2.75) is 13.5 Å². The molecule has 27 heavy (non-hydrogen) atoms. The molecule has 3 aromatic rings. The van der Waals surface area contributed by atoms with Gasteiger partial charge in [-0.05, 0) is 42.3 Å². The van der Waals surface area contributed by atoms with Gasteiger partial charge in [-0.25, -0.2) is 0 Å². The maximum absolute atomic E-state index is 12.5. The Balaban J connectivity index is 1.69. The fourth-order valence-corrected chi connectivity index (χ4v) is 3.90. The van der Waals surface area contributed by atoms with Crippen molar-refractivity contribution >= 4 is 51.4 Å². The standard InChI is InChI=1S/C20H16Cl2N2O2S/c1-12-10-17(24-19(25)14-7-3-5-9-16(14)22)27-18(12)20(26)23-11-13-6-2-4-8-15(13)21/h2-10H,11H2,1H3,(H,23,26)(H,24,25). The summed E-state index contributed by atoms with van der Waals surface area (Å²) in [6, 6.07) is 15.9. The molecule has 3 rings (SSSR count). The number of anilines is 1. The monoisotopic (exact) mass is 418 g/mol. The Morgan fingerprint density at radius 1 is 0.963 bits per heavy atom. The Labute approximate surface area is 171 Å². The average molecular weight is 419 g/mol. The normalized spacial score (nSPS) is 10.5. The molecule has 0 aliphatic heterocycles. The van der Waals surface area contributed by atoms with Gasteiger partial charge in [0, 0.05) is 11.6 Å². The molecule has 1 heterocycles. The van der Waals surface area contributed by atoms with Gasteiger partial charge in [0.25, 0.3) is 11.8 Å². The second-order valence-corrected chi connectivity index (χ2v) is 7.70. The molecule has 0 aliphatic rings. The van der Waals surface area contributed by atoms with Gasteiger partial charge in [0.1, 0.15) is 0 Å². The summed E-state index contributed by atoms with van der Waals surface area (Å²) in [5.74, 6) is -0.527. The lowest BCUT2D eigenvalue weighted by Gasteiger charge is -2.06. The number of nitrogens with one attached hydrogen (secondary N) is 2. The number of hydrogen-bond acceptors (Lipinski definition) is 3. The number of rotatable bonds is 5. The fourth-order valence-electron chi connectivity index (χ4n) is 2.49. The first-order valence-corrected chi connectivity index (χ1v) is 9.71. The third-order valence-corrected chi connectivity index (χ3v) is 5.73. The number of carbonyl (C=O) groups is 2. The Morgan fingerprint density at radius 3 is 2.33 bits per heavy atom. The molecule has 0 atom stereocenters. The number of halogens is 2. The summed E-state index contributed by atoms with van der Waals surface area (Å²) in [5.41, 5.74) is 2.01. The molecule has 7 heteroatoms. The van der Waals surface area contributed by atoms with Crippen LogP contribution in [-0.2, 0) is 6.54 Å². The van der Waals surface area contributed by atoms with E-state index in [1.807, 2.05) is 25.1 Å². The molecule has 0 saturated heterocycles. The lowest BCUT2D eigenvalue weighted by molar-refractivity contribution is 0.0953. The highest BCUT2D eigenvalue weighted by atomic mass is 35.5. The van der Waals surface area contributed by atoms with Crippen LogP contribution in [-0.4, -0.2) is 11.8 Å². The van der Waals surface area contributed by atoms with E-state index in [4.69, 9.17) is 23.2 Å². The van der Waals surface area contributed by atoms with Gasteiger partial charge in [-0.3, -0.25) is 9.59 Å². The second kappa shape index (κ2) is 8.57. The lowest BCUT2D eigenvalue weighted by atomic mass is 10.2. The van der Waals surface area contributed by atoms with Gasteiger partial charge in [-0.1, -0.05) is 53.5 Å². The number of aryl methyl sites for hydroxylation is 1. The van der Waals surface area contributed by atoms with Gasteiger partial charge in [0.2, 0.25) is 0 Å². The summed E-state index contributed by atoms with van der Waals surface area (Å²) in [6.07, 6.45) is 0. The Bertz CT molecular complexity index is 1000. The van der Waals surface area contributed by atoms with E-state index in [0.717, 1.165) is 11.1 Å². The van der Waals surface area contributed by atoms with E-state index in [1.165, 1.54) is 11.3 Å². The molecule has 0 spiro atoms. The molecule has 0 unspecified atom stereocenters. The maximum atomic E-state index is 12.5. The molecule has 2 aromatic carbocycles. The van der Waals surface area contributed by atoms with Crippen LogP contribution in [0, 0.1) is 6.92 Å². The van der Waals surface area contributed by atoms with Gasteiger partial charge in [-0.2, -0.15) is 0 Å². The summed E-state index contributed by atoms with van der Waals surface area (Å²) < 4.78 is 0. The van der Waals surface area contributed by atoms with Gasteiger partial charge in [0.15, 0.2) is 0 Å². The van der Waals surface area contributed by atoms with Crippen LogP contribution < -0.4 is 10.6 Å². The summed E-state index contributed by atoms with van der Waals surface area (Å²) in [4.78, 5) is 25.4. The van der Waals surface area contributed by atoms with Crippen molar-refractivity contribution in [1.29, 1.82) is 0 Å². The van der Waals surface area contributed by atoms with E-state index in [9.17, 15) is 9.59 Å². The van der Waals surface area contributed by atoms with E-state index in [1.54, 1.807) is 36.4 Å².